The normalized spacial score (nSPS) is 11.6. The molecule has 4 rings (SSSR count). The van der Waals surface area contributed by atoms with Crippen molar-refractivity contribution < 1.29 is 8.81 Å². The monoisotopic (exact) mass is 346 g/mol. The Kier molecular flexibility index (Phi) is 3.88. The maximum absolute atomic E-state index is 13.3. The summed E-state index contributed by atoms with van der Waals surface area (Å²) in [7, 11) is 0. The van der Waals surface area contributed by atoms with E-state index in [-0.39, 0.29) is 5.82 Å². The summed E-state index contributed by atoms with van der Waals surface area (Å²) in [5.74, 6) is 0.751. The van der Waals surface area contributed by atoms with Gasteiger partial charge in [0.15, 0.2) is 0 Å². The predicted octanol–water partition coefficient (Wildman–Crippen LogP) is 5.76. The minimum atomic E-state index is -0.321. The molecule has 0 radical (unpaired) electrons. The van der Waals surface area contributed by atoms with Gasteiger partial charge in [-0.2, -0.15) is 5.26 Å². The molecule has 0 aliphatic rings. The lowest BCUT2D eigenvalue weighted by atomic mass is 10.2. The molecule has 0 unspecified atom stereocenters. The van der Waals surface area contributed by atoms with Gasteiger partial charge in [-0.1, -0.05) is 24.3 Å². The van der Waals surface area contributed by atoms with Crippen LogP contribution in [0.15, 0.2) is 65.1 Å². The summed E-state index contributed by atoms with van der Waals surface area (Å²) in [6.07, 6.45) is 1.65. The minimum absolute atomic E-state index is 0.321. The third-order valence-electron chi connectivity index (χ3n) is 3.67. The van der Waals surface area contributed by atoms with Gasteiger partial charge in [-0.3, -0.25) is 0 Å². The molecule has 0 aliphatic heterocycles. The lowest BCUT2D eigenvalue weighted by molar-refractivity contribution is 0.570. The smallest absolute Gasteiger partial charge is 0.135 e. The third kappa shape index (κ3) is 3.08. The zero-order valence-electron chi connectivity index (χ0n) is 12.9. The molecule has 25 heavy (non-hydrogen) atoms. The number of thiazole rings is 1. The van der Waals surface area contributed by atoms with Crippen LogP contribution in [-0.2, 0) is 0 Å². The first-order valence-electron chi connectivity index (χ1n) is 7.56. The molecule has 0 fully saturated rings. The number of benzene rings is 2. The summed E-state index contributed by atoms with van der Waals surface area (Å²) < 4.78 is 20.1. The fourth-order valence-electron chi connectivity index (χ4n) is 2.50. The Morgan fingerprint density at radius 2 is 2.00 bits per heavy atom. The molecule has 3 nitrogen and oxygen atoms in total. The molecule has 120 valence electrons. The highest BCUT2D eigenvalue weighted by Crippen LogP contribution is 2.29. The van der Waals surface area contributed by atoms with Gasteiger partial charge in [-0.15, -0.1) is 11.3 Å². The molecular weight excluding hydrogens is 335 g/mol. The van der Waals surface area contributed by atoms with E-state index in [2.05, 4.69) is 11.1 Å². The van der Waals surface area contributed by atoms with Gasteiger partial charge in [0.1, 0.15) is 28.4 Å². The van der Waals surface area contributed by atoms with E-state index in [1.54, 1.807) is 30.3 Å². The number of nitriles is 1. The lowest BCUT2D eigenvalue weighted by Crippen LogP contribution is -1.79. The predicted molar refractivity (Wildman–Crippen MR) is 97.2 cm³/mol. The molecule has 2 aromatic heterocycles. The van der Waals surface area contributed by atoms with Crippen molar-refractivity contribution in [2.24, 2.45) is 0 Å². The Labute approximate surface area is 147 Å². The number of nitrogens with zero attached hydrogens (tertiary/aromatic N) is 2. The van der Waals surface area contributed by atoms with Gasteiger partial charge in [0, 0.05) is 11.6 Å². The first kappa shape index (κ1) is 15.3. The molecule has 5 heteroatoms. The quantitative estimate of drug-likeness (QED) is 0.443. The zero-order valence-corrected chi connectivity index (χ0v) is 13.8. The van der Waals surface area contributed by atoms with Crippen LogP contribution in [-0.4, -0.2) is 4.98 Å². The van der Waals surface area contributed by atoms with Gasteiger partial charge in [0.2, 0.25) is 0 Å². The first-order chi connectivity index (χ1) is 12.2. The summed E-state index contributed by atoms with van der Waals surface area (Å²) in [6.45, 7) is 0. The number of para-hydroxylation sites is 1. The molecule has 0 atom stereocenters. The van der Waals surface area contributed by atoms with E-state index in [0.717, 1.165) is 10.2 Å². The molecule has 0 spiro atoms. The standard InChI is InChI=1S/C20H11FN2OS/c21-15-5-3-4-13(10-15)18-9-8-16(24-18)11-14(12-22)20-23-17-6-1-2-7-19(17)25-20/h1-11H/b14-11+. The summed E-state index contributed by atoms with van der Waals surface area (Å²) in [4.78, 5) is 4.49. The van der Waals surface area contributed by atoms with Gasteiger partial charge in [0.25, 0.3) is 0 Å². The molecule has 0 bridgehead atoms. The van der Waals surface area contributed by atoms with Gasteiger partial charge in [-0.05, 0) is 36.4 Å². The van der Waals surface area contributed by atoms with Crippen molar-refractivity contribution in [2.45, 2.75) is 0 Å². The Morgan fingerprint density at radius 3 is 2.80 bits per heavy atom. The second-order valence-electron chi connectivity index (χ2n) is 5.37. The number of rotatable bonds is 3. The molecule has 2 aromatic carbocycles. The number of aromatic nitrogens is 1. The molecule has 0 amide bonds. The largest absolute Gasteiger partial charge is 0.457 e. The van der Waals surface area contributed by atoms with Crippen molar-refractivity contribution in [3.8, 4) is 17.4 Å². The van der Waals surface area contributed by atoms with E-state index in [4.69, 9.17) is 4.42 Å². The number of furan rings is 1. The van der Waals surface area contributed by atoms with Crippen LogP contribution >= 0.6 is 11.3 Å². The van der Waals surface area contributed by atoms with E-state index >= 15 is 0 Å². The minimum Gasteiger partial charge on any atom is -0.457 e. The second kappa shape index (κ2) is 6.34. The molecular formula is C20H11FN2OS. The van der Waals surface area contributed by atoms with Gasteiger partial charge in [0.05, 0.1) is 15.8 Å². The van der Waals surface area contributed by atoms with Crippen molar-refractivity contribution >= 4 is 33.2 Å². The summed E-state index contributed by atoms with van der Waals surface area (Å²) in [6, 6.07) is 19.6. The van der Waals surface area contributed by atoms with Crippen LogP contribution in [0.1, 0.15) is 10.8 Å². The molecule has 0 N–H and O–H groups in total. The van der Waals surface area contributed by atoms with Crippen molar-refractivity contribution in [1.82, 2.24) is 4.98 Å². The summed E-state index contributed by atoms with van der Waals surface area (Å²) in [5, 5.41) is 10.1. The average molecular weight is 346 g/mol. The molecule has 0 aliphatic carbocycles. The summed E-state index contributed by atoms with van der Waals surface area (Å²) >= 11 is 1.46. The second-order valence-corrected chi connectivity index (χ2v) is 6.40. The lowest BCUT2D eigenvalue weighted by Gasteiger charge is -1.96. The van der Waals surface area contributed by atoms with Crippen LogP contribution < -0.4 is 0 Å². The Balaban J connectivity index is 1.70. The third-order valence-corrected chi connectivity index (χ3v) is 4.74. The molecule has 0 saturated heterocycles. The van der Waals surface area contributed by atoms with Crippen LogP contribution in [0.5, 0.6) is 0 Å². The van der Waals surface area contributed by atoms with Crippen molar-refractivity contribution in [3.63, 3.8) is 0 Å². The number of allylic oxidation sites excluding steroid dienone is 1. The van der Waals surface area contributed by atoms with E-state index in [9.17, 15) is 9.65 Å². The van der Waals surface area contributed by atoms with Crippen molar-refractivity contribution in [1.29, 1.82) is 5.26 Å². The highest BCUT2D eigenvalue weighted by Gasteiger charge is 2.10. The molecule has 2 heterocycles. The average Bonchev–Trinajstić information content (AvgIpc) is 3.26. The summed E-state index contributed by atoms with van der Waals surface area (Å²) in [5.41, 5.74) is 1.95. The highest BCUT2D eigenvalue weighted by atomic mass is 32.1. The van der Waals surface area contributed by atoms with Crippen molar-refractivity contribution in [3.05, 3.63) is 77.2 Å². The van der Waals surface area contributed by atoms with Crippen LogP contribution in [0.25, 0.3) is 33.2 Å². The van der Waals surface area contributed by atoms with Gasteiger partial charge in [-0.25, -0.2) is 9.37 Å². The zero-order chi connectivity index (χ0) is 17.2. The molecule has 0 saturated carbocycles. The van der Waals surface area contributed by atoms with Crippen LogP contribution in [0, 0.1) is 17.1 Å². The topological polar surface area (TPSA) is 49.8 Å². The first-order valence-corrected chi connectivity index (χ1v) is 8.38. The number of halogens is 1. The van der Waals surface area contributed by atoms with Crippen LogP contribution in [0.2, 0.25) is 0 Å². The van der Waals surface area contributed by atoms with E-state index in [0.29, 0.717) is 27.7 Å². The van der Waals surface area contributed by atoms with Crippen LogP contribution in [0.4, 0.5) is 4.39 Å². The highest BCUT2D eigenvalue weighted by molar-refractivity contribution is 7.19. The maximum atomic E-state index is 13.3. The fraction of sp³-hybridized carbons (Fsp3) is 0. The van der Waals surface area contributed by atoms with Gasteiger partial charge < -0.3 is 4.42 Å². The fourth-order valence-corrected chi connectivity index (χ4v) is 3.43. The van der Waals surface area contributed by atoms with Gasteiger partial charge >= 0.3 is 0 Å². The molecule has 4 aromatic rings. The van der Waals surface area contributed by atoms with Crippen LogP contribution in [0.3, 0.4) is 0 Å². The van der Waals surface area contributed by atoms with E-state index in [1.165, 1.54) is 23.5 Å². The Bertz CT molecular complexity index is 1100. The Morgan fingerprint density at radius 1 is 1.12 bits per heavy atom. The number of hydrogen-bond acceptors (Lipinski definition) is 4. The number of fused-ring (bicyclic) bond motifs is 1. The number of hydrogen-bond donors (Lipinski definition) is 0. The SMILES string of the molecule is N#C/C(=C\c1ccc(-c2cccc(F)c2)o1)c1nc2ccccc2s1. The van der Waals surface area contributed by atoms with E-state index in [1.807, 2.05) is 24.3 Å². The van der Waals surface area contributed by atoms with E-state index < -0.39 is 0 Å². The maximum Gasteiger partial charge on any atom is 0.135 e. The van der Waals surface area contributed by atoms with Crippen molar-refractivity contribution in [2.75, 3.05) is 0 Å². The Hall–Kier alpha value is -3.23.